The maximum atomic E-state index is 13.6. The van der Waals surface area contributed by atoms with Crippen LogP contribution in [-0.2, 0) is 21.4 Å². The summed E-state index contributed by atoms with van der Waals surface area (Å²) in [5, 5.41) is 10.4. The molecule has 4 fully saturated rings. The number of halogens is 6. The van der Waals surface area contributed by atoms with Crippen molar-refractivity contribution in [3.8, 4) is 5.75 Å². The number of ether oxygens (including phenoxy) is 1. The Morgan fingerprint density at radius 2 is 1.92 bits per heavy atom. The van der Waals surface area contributed by atoms with Gasteiger partial charge in [-0.15, -0.1) is 0 Å². The molecule has 2 saturated heterocycles. The highest BCUT2D eigenvalue weighted by Gasteiger charge is 2.77. The van der Waals surface area contributed by atoms with Crippen LogP contribution in [0.15, 0.2) is 18.2 Å². The van der Waals surface area contributed by atoms with Crippen LogP contribution in [0, 0.1) is 17.3 Å². The summed E-state index contributed by atoms with van der Waals surface area (Å²) in [6.45, 7) is -0.0173. The summed E-state index contributed by atoms with van der Waals surface area (Å²) in [6, 6.07) is 4.27. The van der Waals surface area contributed by atoms with Gasteiger partial charge in [-0.05, 0) is 67.2 Å². The molecule has 3 aliphatic carbocycles. The van der Waals surface area contributed by atoms with Gasteiger partial charge in [0.1, 0.15) is 12.4 Å². The van der Waals surface area contributed by atoms with Crippen LogP contribution in [0.2, 0.25) is 0 Å². The number of likely N-dealkylation sites (tertiary alicyclic amines) is 2. The number of phenols is 1. The third-order valence-electron chi connectivity index (χ3n) is 9.57. The number of fused-ring (bicyclic) bond motifs is 1. The lowest BCUT2D eigenvalue weighted by molar-refractivity contribution is -0.199. The van der Waals surface area contributed by atoms with Crippen molar-refractivity contribution in [3.63, 3.8) is 0 Å². The van der Waals surface area contributed by atoms with Gasteiger partial charge in [-0.3, -0.25) is 4.79 Å². The van der Waals surface area contributed by atoms with Crippen LogP contribution in [-0.4, -0.2) is 68.7 Å². The second kappa shape index (κ2) is 7.73. The Hall–Kier alpha value is -1.58. The molecule has 6 nitrogen and oxygen atoms in total. The predicted molar refractivity (Wildman–Crippen MR) is 125 cm³/mol. The van der Waals surface area contributed by atoms with Crippen LogP contribution in [0.3, 0.4) is 0 Å². The normalized spacial score (nSPS) is 36.4. The highest BCUT2D eigenvalue weighted by molar-refractivity contribution is 6.67. The van der Waals surface area contributed by atoms with Crippen molar-refractivity contribution in [1.82, 2.24) is 9.80 Å². The molecule has 2 heterocycles. The number of hydrogen-bond acceptors (Lipinski definition) is 4. The van der Waals surface area contributed by atoms with Crippen molar-refractivity contribution in [2.45, 2.75) is 59.6 Å². The van der Waals surface area contributed by atoms with Crippen molar-refractivity contribution < 1.29 is 32.6 Å². The zero-order chi connectivity index (χ0) is 25.8. The molecule has 2 aliphatic heterocycles. The zero-order valence-electron chi connectivity index (χ0n) is 19.0. The lowest BCUT2D eigenvalue weighted by Gasteiger charge is -2.66. The maximum absolute atomic E-state index is 13.6. The second-order valence-electron chi connectivity index (χ2n) is 10.9. The molecule has 1 aromatic rings. The molecule has 0 aromatic heterocycles. The summed E-state index contributed by atoms with van der Waals surface area (Å²) in [7, 11) is 0. The smallest absolute Gasteiger partial charge is 0.471 e. The van der Waals surface area contributed by atoms with Crippen molar-refractivity contribution in [2.24, 2.45) is 17.3 Å². The van der Waals surface area contributed by atoms with E-state index in [9.17, 15) is 27.9 Å². The molecule has 4 bridgehead atoms. The maximum Gasteiger partial charge on any atom is 0.471 e. The first-order valence-electron chi connectivity index (χ1n) is 12.0. The summed E-state index contributed by atoms with van der Waals surface area (Å²) in [5.74, 6) is -1.69. The number of alkyl halides is 6. The van der Waals surface area contributed by atoms with Crippen molar-refractivity contribution >= 4 is 46.8 Å². The number of hydrogen-bond donors (Lipinski definition) is 1. The Morgan fingerprint density at radius 3 is 2.61 bits per heavy atom. The molecular formula is C24H24Cl3F3N2O4. The number of piperidine rings is 1. The number of benzene rings is 1. The molecule has 0 radical (unpaired) electrons. The van der Waals surface area contributed by atoms with Gasteiger partial charge in [0.2, 0.25) is 3.79 Å². The largest absolute Gasteiger partial charge is 0.508 e. The minimum atomic E-state index is -4.94. The van der Waals surface area contributed by atoms with Gasteiger partial charge in [-0.1, -0.05) is 40.9 Å². The number of rotatable bonds is 1. The summed E-state index contributed by atoms with van der Waals surface area (Å²) in [5.41, 5.74) is 0.703. The minimum Gasteiger partial charge on any atom is -0.508 e. The van der Waals surface area contributed by atoms with E-state index in [4.69, 9.17) is 39.5 Å². The van der Waals surface area contributed by atoms with E-state index in [0.29, 0.717) is 38.6 Å². The molecule has 1 aromatic carbocycles. The van der Waals surface area contributed by atoms with Gasteiger partial charge in [0.15, 0.2) is 0 Å². The van der Waals surface area contributed by atoms with E-state index in [1.165, 1.54) is 0 Å². The highest BCUT2D eigenvalue weighted by atomic mass is 35.6. The Bertz CT molecular complexity index is 1140. The molecule has 0 unspecified atom stereocenters. The van der Waals surface area contributed by atoms with Gasteiger partial charge in [-0.2, -0.15) is 13.2 Å². The third-order valence-corrected chi connectivity index (χ3v) is 9.90. The molecule has 1 N–H and O–H groups in total. The molecule has 5 aliphatic rings. The predicted octanol–water partition coefficient (Wildman–Crippen LogP) is 4.96. The summed E-state index contributed by atoms with van der Waals surface area (Å²) < 4.78 is 44.4. The molecule has 2 saturated carbocycles. The second-order valence-corrected chi connectivity index (χ2v) is 13.4. The zero-order valence-corrected chi connectivity index (χ0v) is 21.3. The molecular weight excluding hydrogens is 544 g/mol. The number of aromatic hydroxyl groups is 1. The number of amides is 2. The van der Waals surface area contributed by atoms with Gasteiger partial charge in [0.25, 0.3) is 0 Å². The lowest BCUT2D eigenvalue weighted by Crippen LogP contribution is -2.71. The fraction of sp³-hybridized carbons (Fsp3) is 0.667. The van der Waals surface area contributed by atoms with Crippen LogP contribution >= 0.6 is 34.8 Å². The summed E-state index contributed by atoms with van der Waals surface area (Å²) in [6.07, 6.45) is -3.10. The van der Waals surface area contributed by atoms with Crippen LogP contribution in [0.1, 0.15) is 36.8 Å². The van der Waals surface area contributed by atoms with Gasteiger partial charge >= 0.3 is 18.2 Å². The van der Waals surface area contributed by atoms with E-state index in [1.54, 1.807) is 23.1 Å². The van der Waals surface area contributed by atoms with E-state index in [-0.39, 0.29) is 30.2 Å². The lowest BCUT2D eigenvalue weighted by atomic mass is 9.43. The third kappa shape index (κ3) is 3.24. The first kappa shape index (κ1) is 24.7. The topological polar surface area (TPSA) is 70.1 Å². The van der Waals surface area contributed by atoms with E-state index >= 15 is 0 Å². The standard InChI is InChI=1S/C24H24Cl3F3N2O4/c25-23(26,27)11-36-20(35)32-10-13-9-21-4-3-16(32)18(13)22(21)5-6-31(19(34)24(28,29)30)17(21)7-12-1-2-14(33)8-15(12)22/h1-2,8,13,16-18,33H,3-7,9-11H2/t13-,16-,17-,18-,21-,22+/m1/s1. The van der Waals surface area contributed by atoms with E-state index in [1.807, 2.05) is 0 Å². The number of nitrogens with zero attached hydrogens (tertiary/aromatic N) is 2. The van der Waals surface area contributed by atoms with E-state index in [2.05, 4.69) is 0 Å². The summed E-state index contributed by atoms with van der Waals surface area (Å²) in [4.78, 5) is 28.3. The summed E-state index contributed by atoms with van der Waals surface area (Å²) >= 11 is 17.3. The number of carbonyl (C=O) groups is 2. The van der Waals surface area contributed by atoms with E-state index < -0.39 is 45.4 Å². The molecule has 196 valence electrons. The van der Waals surface area contributed by atoms with Gasteiger partial charge < -0.3 is 19.6 Å². The average molecular weight is 568 g/mol. The molecule has 6 atom stereocenters. The van der Waals surface area contributed by atoms with Crippen LogP contribution in [0.25, 0.3) is 0 Å². The first-order valence-corrected chi connectivity index (χ1v) is 13.1. The van der Waals surface area contributed by atoms with Gasteiger partial charge in [-0.25, -0.2) is 4.79 Å². The number of phenolic OH excluding ortho intramolecular Hbond substituents is 1. The number of carbonyl (C=O) groups excluding carboxylic acids is 2. The van der Waals surface area contributed by atoms with Crippen molar-refractivity contribution in [2.75, 3.05) is 19.7 Å². The Morgan fingerprint density at radius 1 is 1.17 bits per heavy atom. The SMILES string of the molecule is O=C(OCC(Cl)(Cl)Cl)N1C[C@H]2C[C@@]34CC[C@@H]1[C@@H]2[C@@]31CCN(C(=O)C(F)(F)F)[C@@H]4Cc2ccc(O)cc21. The molecule has 36 heavy (non-hydrogen) atoms. The Labute approximate surface area is 220 Å². The molecule has 6 rings (SSSR count). The van der Waals surface area contributed by atoms with Gasteiger partial charge in [0, 0.05) is 36.0 Å². The van der Waals surface area contributed by atoms with Crippen molar-refractivity contribution in [3.05, 3.63) is 29.3 Å². The first-order chi connectivity index (χ1) is 16.8. The van der Waals surface area contributed by atoms with Crippen LogP contribution < -0.4 is 0 Å². The molecule has 0 spiro atoms. The fourth-order valence-corrected chi connectivity index (χ4v) is 9.01. The highest BCUT2D eigenvalue weighted by Crippen LogP contribution is 2.75. The monoisotopic (exact) mass is 566 g/mol. The molecule has 2 amide bonds. The minimum absolute atomic E-state index is 0.0203. The Kier molecular flexibility index (Phi) is 5.31. The average Bonchev–Trinajstić information content (AvgIpc) is 3.23. The van der Waals surface area contributed by atoms with E-state index in [0.717, 1.165) is 16.0 Å². The van der Waals surface area contributed by atoms with Crippen LogP contribution in [0.4, 0.5) is 18.0 Å². The quantitative estimate of drug-likeness (QED) is 0.488. The molecule has 12 heteroatoms. The Balaban J connectivity index is 1.43. The fourth-order valence-electron chi connectivity index (χ4n) is 8.84. The van der Waals surface area contributed by atoms with Gasteiger partial charge in [0.05, 0.1) is 0 Å². The van der Waals surface area contributed by atoms with Crippen LogP contribution in [0.5, 0.6) is 5.75 Å². The van der Waals surface area contributed by atoms with Crippen molar-refractivity contribution in [1.29, 1.82) is 0 Å².